The molecule has 4 rings (SSSR count). The van der Waals surface area contributed by atoms with Crippen LogP contribution < -0.4 is 10.9 Å². The van der Waals surface area contributed by atoms with Gasteiger partial charge < -0.3 is 9.84 Å². The minimum Gasteiger partial charge on any atom is -0.342 e. The average molecular weight is 389 g/mol. The molecular weight excluding hydrogens is 370 g/mol. The first kappa shape index (κ1) is 18.5. The van der Waals surface area contributed by atoms with Gasteiger partial charge in [-0.15, -0.1) is 0 Å². The number of carbonyl (C=O) groups is 1. The first-order valence-corrected chi connectivity index (χ1v) is 9.29. The number of hydrogen-bond donors (Lipinski definition) is 1. The lowest BCUT2D eigenvalue weighted by molar-refractivity contribution is 0.0940. The summed E-state index contributed by atoms with van der Waals surface area (Å²) in [5.41, 5.74) is 1.04. The molecule has 1 N–H and O–H groups in total. The molecule has 2 aromatic heterocycles. The summed E-state index contributed by atoms with van der Waals surface area (Å²) in [6, 6.07) is 16.7. The highest BCUT2D eigenvalue weighted by Gasteiger charge is 2.17. The molecule has 0 radical (unpaired) electrons. The van der Waals surface area contributed by atoms with Gasteiger partial charge >= 0.3 is 0 Å². The highest BCUT2D eigenvalue weighted by atomic mass is 16.5. The van der Waals surface area contributed by atoms with Gasteiger partial charge in [-0.3, -0.25) is 9.59 Å². The molecule has 29 heavy (non-hydrogen) atoms. The number of aryl methyl sites for hydroxylation is 1. The van der Waals surface area contributed by atoms with Crippen molar-refractivity contribution in [2.24, 2.45) is 0 Å². The van der Waals surface area contributed by atoms with E-state index in [9.17, 15) is 9.59 Å². The topological polar surface area (TPSA) is 103 Å². The number of nitrogens with zero attached hydrogens (tertiary/aromatic N) is 4. The zero-order chi connectivity index (χ0) is 20.2. The van der Waals surface area contributed by atoms with Crippen molar-refractivity contribution < 1.29 is 9.32 Å². The quantitative estimate of drug-likeness (QED) is 0.543. The average Bonchev–Trinajstić information content (AvgIpc) is 3.20. The molecule has 1 amide bonds. The Morgan fingerprint density at radius 1 is 1.07 bits per heavy atom. The molecule has 2 heterocycles. The van der Waals surface area contributed by atoms with Crippen molar-refractivity contribution in [3.63, 3.8) is 0 Å². The normalized spacial score (nSPS) is 10.9. The predicted octanol–water partition coefficient (Wildman–Crippen LogP) is 2.32. The molecular formula is C21H19N5O3. The summed E-state index contributed by atoms with van der Waals surface area (Å²) in [4.78, 5) is 29.4. The maximum Gasteiger partial charge on any atom is 0.274 e. The summed E-state index contributed by atoms with van der Waals surface area (Å²) < 4.78 is 6.50. The van der Waals surface area contributed by atoms with Gasteiger partial charge in [0.2, 0.25) is 5.89 Å². The first-order chi connectivity index (χ1) is 14.2. The Bertz CT molecular complexity index is 1210. The van der Waals surface area contributed by atoms with Crippen LogP contribution in [0.2, 0.25) is 0 Å². The molecule has 0 aliphatic carbocycles. The van der Waals surface area contributed by atoms with E-state index in [0.29, 0.717) is 35.5 Å². The van der Waals surface area contributed by atoms with Gasteiger partial charge in [0.15, 0.2) is 11.5 Å². The zero-order valence-electron chi connectivity index (χ0n) is 15.8. The van der Waals surface area contributed by atoms with E-state index >= 15 is 0 Å². The van der Waals surface area contributed by atoms with Crippen molar-refractivity contribution in [1.82, 2.24) is 25.2 Å². The standard InChI is InChI=1S/C21H19N5O3/c1-2-26-21(28)16-11-7-6-10-15(16)19(24-26)20(27)22-13-18-23-17(25-29-18)12-14-8-4-3-5-9-14/h3-11H,2,12-13H2,1H3,(H,22,27). The molecule has 0 bridgehead atoms. The van der Waals surface area contributed by atoms with E-state index in [1.165, 1.54) is 4.68 Å². The lowest BCUT2D eigenvalue weighted by atomic mass is 10.1. The summed E-state index contributed by atoms with van der Waals surface area (Å²) in [7, 11) is 0. The van der Waals surface area contributed by atoms with Crippen LogP contribution in [0.5, 0.6) is 0 Å². The van der Waals surface area contributed by atoms with Crippen LogP contribution in [0, 0.1) is 0 Å². The number of carbonyl (C=O) groups excluding carboxylic acids is 1. The second kappa shape index (κ2) is 8.05. The van der Waals surface area contributed by atoms with Gasteiger partial charge in [0.1, 0.15) is 0 Å². The number of nitrogens with one attached hydrogen (secondary N) is 1. The molecule has 0 aliphatic rings. The van der Waals surface area contributed by atoms with Gasteiger partial charge in [0, 0.05) is 18.4 Å². The minimum absolute atomic E-state index is 0.0713. The van der Waals surface area contributed by atoms with Gasteiger partial charge in [-0.25, -0.2) is 4.68 Å². The summed E-state index contributed by atoms with van der Waals surface area (Å²) in [5, 5.41) is 11.9. The van der Waals surface area contributed by atoms with Gasteiger partial charge in [-0.05, 0) is 18.6 Å². The lowest BCUT2D eigenvalue weighted by Crippen LogP contribution is -2.30. The van der Waals surface area contributed by atoms with Gasteiger partial charge in [0.05, 0.1) is 11.9 Å². The fourth-order valence-corrected chi connectivity index (χ4v) is 3.07. The molecule has 0 aliphatic heterocycles. The largest absolute Gasteiger partial charge is 0.342 e. The maximum absolute atomic E-state index is 12.7. The zero-order valence-corrected chi connectivity index (χ0v) is 15.8. The summed E-state index contributed by atoms with van der Waals surface area (Å²) in [6.45, 7) is 2.25. The maximum atomic E-state index is 12.7. The third kappa shape index (κ3) is 3.91. The molecule has 146 valence electrons. The molecule has 8 heteroatoms. The monoisotopic (exact) mass is 389 g/mol. The van der Waals surface area contributed by atoms with Crippen LogP contribution >= 0.6 is 0 Å². The van der Waals surface area contributed by atoms with Crippen LogP contribution in [0.15, 0.2) is 63.9 Å². The molecule has 2 aromatic carbocycles. The summed E-state index contributed by atoms with van der Waals surface area (Å²) in [5.74, 6) is 0.437. The Morgan fingerprint density at radius 2 is 1.79 bits per heavy atom. The molecule has 0 fully saturated rings. The van der Waals surface area contributed by atoms with Crippen LogP contribution in [-0.4, -0.2) is 25.8 Å². The predicted molar refractivity (Wildman–Crippen MR) is 106 cm³/mol. The first-order valence-electron chi connectivity index (χ1n) is 9.29. The van der Waals surface area contributed by atoms with E-state index in [2.05, 4.69) is 20.6 Å². The Labute approximate surface area is 166 Å². The van der Waals surface area contributed by atoms with Crippen LogP contribution in [0.25, 0.3) is 10.8 Å². The molecule has 8 nitrogen and oxygen atoms in total. The molecule has 0 spiro atoms. The van der Waals surface area contributed by atoms with Crippen molar-refractivity contribution in [3.05, 3.63) is 87.9 Å². The third-order valence-electron chi connectivity index (χ3n) is 4.50. The van der Waals surface area contributed by atoms with Gasteiger partial charge in [-0.2, -0.15) is 10.1 Å². The van der Waals surface area contributed by atoms with Crippen LogP contribution in [0.3, 0.4) is 0 Å². The fourth-order valence-electron chi connectivity index (χ4n) is 3.07. The number of hydrogen-bond acceptors (Lipinski definition) is 6. The number of rotatable bonds is 6. The fraction of sp³-hybridized carbons (Fsp3) is 0.190. The minimum atomic E-state index is -0.411. The SMILES string of the molecule is CCn1nc(C(=O)NCc2nc(Cc3ccccc3)no2)c2ccccc2c1=O. The second-order valence-corrected chi connectivity index (χ2v) is 6.46. The molecule has 0 saturated carbocycles. The van der Waals surface area contributed by atoms with Crippen LogP contribution in [-0.2, 0) is 19.5 Å². The highest BCUT2D eigenvalue weighted by Crippen LogP contribution is 2.13. The molecule has 0 saturated heterocycles. The van der Waals surface area contributed by atoms with Crippen molar-refractivity contribution in [2.75, 3.05) is 0 Å². The Morgan fingerprint density at radius 3 is 2.55 bits per heavy atom. The van der Waals surface area contributed by atoms with E-state index in [4.69, 9.17) is 4.52 Å². The number of aromatic nitrogens is 4. The Hall–Kier alpha value is -3.81. The van der Waals surface area contributed by atoms with E-state index < -0.39 is 5.91 Å². The van der Waals surface area contributed by atoms with Crippen LogP contribution in [0.1, 0.15) is 34.7 Å². The van der Waals surface area contributed by atoms with Crippen LogP contribution in [0.4, 0.5) is 0 Å². The van der Waals surface area contributed by atoms with E-state index in [1.807, 2.05) is 30.3 Å². The van der Waals surface area contributed by atoms with E-state index in [-0.39, 0.29) is 17.8 Å². The van der Waals surface area contributed by atoms with E-state index in [1.54, 1.807) is 31.2 Å². The summed E-state index contributed by atoms with van der Waals surface area (Å²) >= 11 is 0. The number of fused-ring (bicyclic) bond motifs is 1. The second-order valence-electron chi connectivity index (χ2n) is 6.46. The summed E-state index contributed by atoms with van der Waals surface area (Å²) in [6.07, 6.45) is 0.548. The van der Waals surface area contributed by atoms with Gasteiger partial charge in [0.25, 0.3) is 11.5 Å². The van der Waals surface area contributed by atoms with Crippen molar-refractivity contribution >= 4 is 16.7 Å². The molecule has 0 atom stereocenters. The Balaban J connectivity index is 1.51. The van der Waals surface area contributed by atoms with Crippen molar-refractivity contribution in [1.29, 1.82) is 0 Å². The number of amides is 1. The number of benzene rings is 2. The third-order valence-corrected chi connectivity index (χ3v) is 4.50. The molecule has 0 unspecified atom stereocenters. The van der Waals surface area contributed by atoms with Crippen molar-refractivity contribution in [2.45, 2.75) is 26.4 Å². The smallest absolute Gasteiger partial charge is 0.274 e. The highest BCUT2D eigenvalue weighted by molar-refractivity contribution is 6.04. The molecule has 4 aromatic rings. The Kier molecular flexibility index (Phi) is 5.15. The lowest BCUT2D eigenvalue weighted by Gasteiger charge is -2.09. The van der Waals surface area contributed by atoms with Crippen molar-refractivity contribution in [3.8, 4) is 0 Å². The van der Waals surface area contributed by atoms with E-state index in [0.717, 1.165) is 5.56 Å². The van der Waals surface area contributed by atoms with Gasteiger partial charge in [-0.1, -0.05) is 53.7 Å².